The van der Waals surface area contributed by atoms with Crippen molar-refractivity contribution in [1.29, 1.82) is 0 Å². The highest BCUT2D eigenvalue weighted by Gasteiger charge is 2.43. The zero-order chi connectivity index (χ0) is 22.9. The van der Waals surface area contributed by atoms with Crippen molar-refractivity contribution < 1.29 is 23.1 Å². The smallest absolute Gasteiger partial charge is 0.337 e. The average Bonchev–Trinajstić information content (AvgIpc) is 3.34. The first-order chi connectivity index (χ1) is 16.0. The summed E-state index contributed by atoms with van der Waals surface area (Å²) in [6, 6.07) is 9.90. The molecule has 1 aromatic carbocycles. The lowest BCUT2D eigenvalue weighted by Gasteiger charge is -2.36. The fourth-order valence-electron chi connectivity index (χ4n) is 5.42. The zero-order valence-electron chi connectivity index (χ0n) is 18.7. The number of furan rings is 1. The van der Waals surface area contributed by atoms with Crippen molar-refractivity contribution in [3.63, 3.8) is 0 Å². The molecule has 1 aliphatic heterocycles. The molecule has 0 amide bonds. The van der Waals surface area contributed by atoms with Crippen LogP contribution in [0.15, 0.2) is 69.6 Å². The number of carbonyl (C=O) groups is 2. The van der Waals surface area contributed by atoms with Crippen molar-refractivity contribution in [2.75, 3.05) is 0 Å². The molecule has 0 bridgehead atoms. The van der Waals surface area contributed by atoms with Gasteiger partial charge in [-0.25, -0.2) is 9.18 Å². The monoisotopic (exact) mass is 449 g/mol. The predicted octanol–water partition coefficient (Wildman–Crippen LogP) is 5.66. The summed E-state index contributed by atoms with van der Waals surface area (Å²) in [6.07, 6.45) is 7.44. The Labute approximate surface area is 192 Å². The van der Waals surface area contributed by atoms with Crippen LogP contribution in [0.5, 0.6) is 0 Å². The molecule has 0 saturated heterocycles. The van der Waals surface area contributed by atoms with Crippen LogP contribution in [0.2, 0.25) is 0 Å². The van der Waals surface area contributed by atoms with E-state index in [-0.39, 0.29) is 29.6 Å². The number of nitrogens with one attached hydrogen (secondary N) is 1. The van der Waals surface area contributed by atoms with Gasteiger partial charge in [-0.2, -0.15) is 0 Å². The summed E-state index contributed by atoms with van der Waals surface area (Å²) in [5.41, 5.74) is 3.43. The van der Waals surface area contributed by atoms with Gasteiger partial charge in [-0.1, -0.05) is 18.6 Å². The van der Waals surface area contributed by atoms with Gasteiger partial charge >= 0.3 is 5.97 Å². The molecule has 172 valence electrons. The quantitative estimate of drug-likeness (QED) is 0.611. The number of dihydropyridines is 1. The van der Waals surface area contributed by atoms with Crippen LogP contribution in [0.4, 0.5) is 4.39 Å². The highest BCUT2D eigenvalue weighted by atomic mass is 19.1. The van der Waals surface area contributed by atoms with Gasteiger partial charge < -0.3 is 14.5 Å². The van der Waals surface area contributed by atoms with Crippen molar-refractivity contribution in [3.05, 3.63) is 82.3 Å². The van der Waals surface area contributed by atoms with Gasteiger partial charge in [0.2, 0.25) is 0 Å². The summed E-state index contributed by atoms with van der Waals surface area (Å²) in [5, 5.41) is 3.34. The molecule has 2 aromatic rings. The van der Waals surface area contributed by atoms with Crippen LogP contribution in [0.3, 0.4) is 0 Å². The van der Waals surface area contributed by atoms with Crippen LogP contribution in [-0.2, 0) is 14.3 Å². The number of hydrogen-bond donors (Lipinski definition) is 1. The topological polar surface area (TPSA) is 68.5 Å². The number of allylic oxidation sites excluding steroid dienone is 3. The van der Waals surface area contributed by atoms with E-state index in [1.54, 1.807) is 30.5 Å². The minimum Gasteiger partial charge on any atom is -0.468 e. The second-order valence-corrected chi connectivity index (χ2v) is 9.25. The van der Waals surface area contributed by atoms with E-state index >= 15 is 0 Å². The van der Waals surface area contributed by atoms with Crippen molar-refractivity contribution >= 4 is 11.8 Å². The summed E-state index contributed by atoms with van der Waals surface area (Å²) in [7, 11) is 0. The van der Waals surface area contributed by atoms with Crippen molar-refractivity contribution in [2.24, 2.45) is 0 Å². The Morgan fingerprint density at radius 3 is 2.55 bits per heavy atom. The minimum absolute atomic E-state index is 0.0325. The largest absolute Gasteiger partial charge is 0.468 e. The number of esters is 1. The number of carbonyl (C=O) groups excluding carboxylic acids is 2. The van der Waals surface area contributed by atoms with Crippen LogP contribution in [-0.4, -0.2) is 17.9 Å². The fourth-order valence-corrected chi connectivity index (χ4v) is 5.42. The standard InChI is InChI=1S/C27H28FNO4/c1-16-24(27(31)33-20-6-3-2-4-7-20)26(23-8-5-13-32-23)25-21(29-16)14-18(15-22(25)30)17-9-11-19(28)12-10-17/h5,8-13,18,20,26,29H,2-4,6-7,14-15H2,1H3/t18-,26+/m0/s1. The third-order valence-corrected chi connectivity index (χ3v) is 7.04. The Kier molecular flexibility index (Phi) is 5.92. The number of Topliss-reactive ketones (excluding diaryl/α,β-unsaturated/α-hetero) is 1. The van der Waals surface area contributed by atoms with Gasteiger partial charge in [0.1, 0.15) is 17.7 Å². The van der Waals surface area contributed by atoms with Crippen LogP contribution in [0, 0.1) is 5.82 Å². The molecule has 6 heteroatoms. The van der Waals surface area contributed by atoms with Crippen molar-refractivity contribution in [3.8, 4) is 0 Å². The van der Waals surface area contributed by atoms with Crippen molar-refractivity contribution in [2.45, 2.75) is 69.8 Å². The first-order valence-corrected chi connectivity index (χ1v) is 11.7. The highest BCUT2D eigenvalue weighted by molar-refractivity contribution is 6.04. The summed E-state index contributed by atoms with van der Waals surface area (Å²) in [6.45, 7) is 1.85. The van der Waals surface area contributed by atoms with Gasteiger partial charge in [0, 0.05) is 23.4 Å². The van der Waals surface area contributed by atoms with Crippen molar-refractivity contribution in [1.82, 2.24) is 5.32 Å². The second kappa shape index (κ2) is 9.00. The maximum atomic E-state index is 13.5. The molecule has 1 fully saturated rings. The Morgan fingerprint density at radius 2 is 1.85 bits per heavy atom. The predicted molar refractivity (Wildman–Crippen MR) is 121 cm³/mol. The van der Waals surface area contributed by atoms with E-state index in [0.29, 0.717) is 35.4 Å². The van der Waals surface area contributed by atoms with E-state index in [1.807, 2.05) is 6.92 Å². The number of ketones is 1. The molecule has 0 radical (unpaired) electrons. The molecular weight excluding hydrogens is 421 g/mol. The Morgan fingerprint density at radius 1 is 1.09 bits per heavy atom. The molecule has 2 atom stereocenters. The summed E-state index contributed by atoms with van der Waals surface area (Å²) in [4.78, 5) is 26.8. The summed E-state index contributed by atoms with van der Waals surface area (Å²) in [5.74, 6) is -0.788. The van der Waals surface area contributed by atoms with E-state index in [1.165, 1.54) is 18.6 Å². The van der Waals surface area contributed by atoms with Gasteiger partial charge in [0.25, 0.3) is 0 Å². The second-order valence-electron chi connectivity index (χ2n) is 9.25. The summed E-state index contributed by atoms with van der Waals surface area (Å²) >= 11 is 0. The molecule has 1 N–H and O–H groups in total. The van der Waals surface area contributed by atoms with Gasteiger partial charge in [0.15, 0.2) is 5.78 Å². The SMILES string of the molecule is CC1=C(C(=O)OC2CCCCC2)[C@@H](c2ccco2)C2=C(C[C@H](c3ccc(F)cc3)CC2=O)N1. The maximum absolute atomic E-state index is 13.5. The Bertz CT molecular complexity index is 1110. The van der Waals surface area contributed by atoms with E-state index in [0.717, 1.165) is 36.9 Å². The van der Waals surface area contributed by atoms with Crippen LogP contribution in [0.25, 0.3) is 0 Å². The van der Waals surface area contributed by atoms with Crippen LogP contribution >= 0.6 is 0 Å². The number of benzene rings is 1. The number of rotatable bonds is 4. The number of halogens is 1. The lowest BCUT2D eigenvalue weighted by atomic mass is 9.73. The molecule has 0 spiro atoms. The van der Waals surface area contributed by atoms with E-state index in [2.05, 4.69) is 5.32 Å². The summed E-state index contributed by atoms with van der Waals surface area (Å²) < 4.78 is 25.0. The molecule has 0 unspecified atom stereocenters. The first-order valence-electron chi connectivity index (χ1n) is 11.7. The lowest BCUT2D eigenvalue weighted by molar-refractivity contribution is -0.146. The molecule has 2 heterocycles. The van der Waals surface area contributed by atoms with E-state index < -0.39 is 5.92 Å². The van der Waals surface area contributed by atoms with Gasteiger partial charge in [-0.3, -0.25) is 4.79 Å². The van der Waals surface area contributed by atoms with Gasteiger partial charge in [-0.15, -0.1) is 0 Å². The first kappa shape index (κ1) is 21.7. The fraction of sp³-hybridized carbons (Fsp3) is 0.407. The normalized spacial score (nSPS) is 23.9. The molecule has 5 nitrogen and oxygen atoms in total. The van der Waals surface area contributed by atoms with Crippen LogP contribution < -0.4 is 5.32 Å². The molecule has 1 aromatic heterocycles. The molecule has 2 aliphatic carbocycles. The molecule has 1 saturated carbocycles. The molecule has 3 aliphatic rings. The molecular formula is C27H28FNO4. The highest BCUT2D eigenvalue weighted by Crippen LogP contribution is 2.46. The van der Waals surface area contributed by atoms with E-state index in [9.17, 15) is 14.0 Å². The van der Waals surface area contributed by atoms with E-state index in [4.69, 9.17) is 9.15 Å². The van der Waals surface area contributed by atoms with Crippen LogP contribution in [0.1, 0.15) is 75.0 Å². The minimum atomic E-state index is -0.589. The Hall–Kier alpha value is -3.15. The average molecular weight is 450 g/mol. The number of ether oxygens (including phenoxy) is 1. The lowest BCUT2D eigenvalue weighted by Crippen LogP contribution is -2.36. The maximum Gasteiger partial charge on any atom is 0.337 e. The van der Waals surface area contributed by atoms with Gasteiger partial charge in [0.05, 0.1) is 17.8 Å². The third-order valence-electron chi connectivity index (χ3n) is 7.04. The Balaban J connectivity index is 1.48. The molecule has 5 rings (SSSR count). The zero-order valence-corrected chi connectivity index (χ0v) is 18.7. The third kappa shape index (κ3) is 4.26. The number of hydrogen-bond acceptors (Lipinski definition) is 5. The van der Waals surface area contributed by atoms with Gasteiger partial charge in [-0.05, 0) is 74.8 Å². The molecule has 33 heavy (non-hydrogen) atoms.